The molecule has 0 spiro atoms. The Morgan fingerprint density at radius 3 is 1.71 bits per heavy atom. The number of ether oxygens (including phenoxy) is 1. The first-order chi connectivity index (χ1) is 11.0. The Balaban J connectivity index is 0. The van der Waals surface area contributed by atoms with Gasteiger partial charge in [0.1, 0.15) is 24.4 Å². The van der Waals surface area contributed by atoms with Crippen LogP contribution in [0.15, 0.2) is 0 Å². The van der Waals surface area contributed by atoms with Crippen LogP contribution in [-0.4, -0.2) is 103 Å². The van der Waals surface area contributed by atoms with Gasteiger partial charge in [0.25, 0.3) is 0 Å². The standard InChI is InChI=1S/C6H12O6.C4H5Cl3O.C2H6O2/c7-1-3(9)5(11)6(12)4(10)2-8;5-4(6,7)1-3-2-8-3;3-1-2-4/h1,3-6,8-12H,2H2;3H,1-2H2;3-4H,1-2H2/t3-,4+,5+,6+;;/m0../s1. The minimum Gasteiger partial charge on any atom is -0.394 e. The van der Waals surface area contributed by atoms with Gasteiger partial charge in [-0.05, 0) is 0 Å². The topological polar surface area (TPSA) is 171 Å². The van der Waals surface area contributed by atoms with Crippen molar-refractivity contribution in [3.8, 4) is 0 Å². The number of aliphatic hydroxyl groups excluding tert-OH is 7. The van der Waals surface area contributed by atoms with Crippen molar-refractivity contribution < 1.29 is 45.3 Å². The summed E-state index contributed by atoms with van der Waals surface area (Å²) >= 11 is 16.3. The van der Waals surface area contributed by atoms with E-state index in [0.29, 0.717) is 6.42 Å². The summed E-state index contributed by atoms with van der Waals surface area (Å²) in [5, 5.41) is 58.8. The number of halogens is 3. The molecule has 9 nitrogen and oxygen atoms in total. The quantitative estimate of drug-likeness (QED) is 0.137. The molecule has 0 aromatic rings. The molecule has 1 aliphatic rings. The minimum absolute atomic E-state index is 0.0258. The molecule has 5 atom stereocenters. The molecule has 0 radical (unpaired) electrons. The van der Waals surface area contributed by atoms with Crippen LogP contribution in [0.2, 0.25) is 0 Å². The van der Waals surface area contributed by atoms with Gasteiger partial charge in [-0.1, -0.05) is 34.8 Å². The lowest BCUT2D eigenvalue weighted by Gasteiger charge is -2.22. The molecule has 24 heavy (non-hydrogen) atoms. The van der Waals surface area contributed by atoms with Gasteiger partial charge < -0.3 is 45.3 Å². The molecule has 0 saturated carbocycles. The molecular weight excluding hydrogens is 394 g/mol. The Labute approximate surface area is 154 Å². The number of rotatable bonds is 7. The number of hydrogen-bond donors (Lipinski definition) is 7. The van der Waals surface area contributed by atoms with Crippen LogP contribution in [0.25, 0.3) is 0 Å². The molecule has 12 heteroatoms. The summed E-state index contributed by atoms with van der Waals surface area (Å²) in [5.74, 6) is 0. The molecule has 0 bridgehead atoms. The maximum absolute atomic E-state index is 9.90. The summed E-state index contributed by atoms with van der Waals surface area (Å²) in [6, 6.07) is 0. The van der Waals surface area contributed by atoms with E-state index in [1.54, 1.807) is 0 Å². The number of alkyl halides is 3. The van der Waals surface area contributed by atoms with Gasteiger partial charge in [-0.3, -0.25) is 0 Å². The molecule has 1 saturated heterocycles. The second-order valence-electron chi connectivity index (χ2n) is 4.58. The largest absolute Gasteiger partial charge is 0.394 e. The molecule has 1 fully saturated rings. The first-order valence-electron chi connectivity index (χ1n) is 6.72. The van der Waals surface area contributed by atoms with Crippen molar-refractivity contribution in [2.24, 2.45) is 0 Å². The van der Waals surface area contributed by atoms with E-state index in [9.17, 15) is 4.79 Å². The molecule has 0 aromatic heterocycles. The van der Waals surface area contributed by atoms with E-state index in [-0.39, 0.29) is 25.6 Å². The summed E-state index contributed by atoms with van der Waals surface area (Å²) in [5.41, 5.74) is 0. The van der Waals surface area contributed by atoms with Crippen LogP contribution in [-0.2, 0) is 9.53 Å². The number of aliphatic hydroxyl groups is 7. The van der Waals surface area contributed by atoms with Crippen molar-refractivity contribution in [3.63, 3.8) is 0 Å². The average Bonchev–Trinajstić information content (AvgIpc) is 3.34. The number of hydrogen-bond acceptors (Lipinski definition) is 9. The molecule has 0 aromatic carbocycles. The fourth-order valence-electron chi connectivity index (χ4n) is 1.06. The maximum Gasteiger partial charge on any atom is 0.193 e. The zero-order valence-corrected chi connectivity index (χ0v) is 14.8. The number of carbonyl (C=O) groups excluding carboxylic acids is 1. The van der Waals surface area contributed by atoms with E-state index in [1.165, 1.54) is 0 Å². The van der Waals surface area contributed by atoms with Gasteiger partial charge in [0.2, 0.25) is 0 Å². The Morgan fingerprint density at radius 1 is 1.04 bits per heavy atom. The van der Waals surface area contributed by atoms with Crippen LogP contribution >= 0.6 is 34.8 Å². The number of epoxide rings is 1. The molecule has 7 N–H and O–H groups in total. The van der Waals surface area contributed by atoms with E-state index in [4.69, 9.17) is 75.3 Å². The highest BCUT2D eigenvalue weighted by Gasteiger charge is 2.33. The molecule has 1 unspecified atom stereocenters. The van der Waals surface area contributed by atoms with Gasteiger partial charge in [0.15, 0.2) is 10.1 Å². The third-order valence-electron chi connectivity index (χ3n) is 2.38. The Bertz CT molecular complexity index is 311. The van der Waals surface area contributed by atoms with Crippen molar-refractivity contribution >= 4 is 41.1 Å². The second kappa shape index (κ2) is 14.4. The zero-order chi connectivity index (χ0) is 19.3. The van der Waals surface area contributed by atoms with Crippen LogP contribution in [0, 0.1) is 0 Å². The van der Waals surface area contributed by atoms with E-state index >= 15 is 0 Å². The molecule has 1 heterocycles. The predicted molar refractivity (Wildman–Crippen MR) is 86.0 cm³/mol. The van der Waals surface area contributed by atoms with Crippen molar-refractivity contribution in [1.29, 1.82) is 0 Å². The van der Waals surface area contributed by atoms with Crippen LogP contribution in [0.1, 0.15) is 6.42 Å². The summed E-state index contributed by atoms with van der Waals surface area (Å²) in [6.07, 6.45) is -6.13. The van der Waals surface area contributed by atoms with Crippen LogP contribution in [0.3, 0.4) is 0 Å². The molecule has 146 valence electrons. The smallest absolute Gasteiger partial charge is 0.193 e. The van der Waals surface area contributed by atoms with Crippen molar-refractivity contribution in [1.82, 2.24) is 0 Å². The highest BCUT2D eigenvalue weighted by molar-refractivity contribution is 6.67. The van der Waals surface area contributed by atoms with Crippen molar-refractivity contribution in [2.45, 2.75) is 40.7 Å². The number of carbonyl (C=O) groups is 1. The molecule has 1 aliphatic heterocycles. The highest BCUT2D eigenvalue weighted by atomic mass is 35.6. The monoisotopic (exact) mass is 416 g/mol. The van der Waals surface area contributed by atoms with E-state index < -0.39 is 34.8 Å². The highest BCUT2D eigenvalue weighted by Crippen LogP contribution is 2.35. The predicted octanol–water partition coefficient (Wildman–Crippen LogP) is -2.26. The molecule has 1 rings (SSSR count). The Hall–Kier alpha value is 0.220. The third kappa shape index (κ3) is 15.7. The van der Waals surface area contributed by atoms with Gasteiger partial charge in [-0.2, -0.15) is 0 Å². The van der Waals surface area contributed by atoms with Gasteiger partial charge in [-0.25, -0.2) is 0 Å². The second-order valence-corrected chi connectivity index (χ2v) is 7.10. The third-order valence-corrected chi connectivity index (χ3v) is 2.84. The lowest BCUT2D eigenvalue weighted by atomic mass is 10.0. The van der Waals surface area contributed by atoms with E-state index in [1.807, 2.05) is 0 Å². The first-order valence-corrected chi connectivity index (χ1v) is 7.85. The Morgan fingerprint density at radius 2 is 1.50 bits per heavy atom. The molecule has 0 aliphatic carbocycles. The minimum atomic E-state index is -1.79. The summed E-state index contributed by atoms with van der Waals surface area (Å²) in [6.45, 7) is -0.266. The Kier molecular flexibility index (Phi) is 15.9. The summed E-state index contributed by atoms with van der Waals surface area (Å²) in [4.78, 5) is 9.90. The maximum atomic E-state index is 9.90. The lowest BCUT2D eigenvalue weighted by molar-refractivity contribution is -0.136. The SMILES string of the molecule is ClC(Cl)(Cl)CC1CO1.O=C[C@H](O)[C@@H](O)[C@H](O)[C@H](O)CO.OCCO. The van der Waals surface area contributed by atoms with E-state index in [2.05, 4.69) is 0 Å². The molecule has 0 amide bonds. The van der Waals surface area contributed by atoms with Crippen LogP contribution in [0.5, 0.6) is 0 Å². The normalized spacial score (nSPS) is 21.2. The van der Waals surface area contributed by atoms with Crippen molar-refractivity contribution in [3.05, 3.63) is 0 Å². The van der Waals surface area contributed by atoms with Gasteiger partial charge in [0.05, 0.1) is 32.5 Å². The average molecular weight is 418 g/mol. The lowest BCUT2D eigenvalue weighted by Crippen LogP contribution is -2.46. The number of aldehydes is 1. The first kappa shape index (κ1) is 26.4. The van der Waals surface area contributed by atoms with Crippen molar-refractivity contribution in [2.75, 3.05) is 26.4 Å². The summed E-state index contributed by atoms with van der Waals surface area (Å²) < 4.78 is 3.71. The molecular formula is C12H23Cl3O9. The fraction of sp³-hybridized carbons (Fsp3) is 0.917. The summed E-state index contributed by atoms with van der Waals surface area (Å²) in [7, 11) is 0. The van der Waals surface area contributed by atoms with E-state index in [0.717, 1.165) is 6.61 Å². The van der Waals surface area contributed by atoms with Gasteiger partial charge >= 0.3 is 0 Å². The zero-order valence-electron chi connectivity index (χ0n) is 12.6. The van der Waals surface area contributed by atoms with Crippen LogP contribution in [0.4, 0.5) is 0 Å². The van der Waals surface area contributed by atoms with Gasteiger partial charge in [0, 0.05) is 6.42 Å². The van der Waals surface area contributed by atoms with Gasteiger partial charge in [-0.15, -0.1) is 0 Å². The van der Waals surface area contributed by atoms with Crippen LogP contribution < -0.4 is 0 Å². The fourth-order valence-corrected chi connectivity index (χ4v) is 1.58.